The van der Waals surface area contributed by atoms with E-state index in [4.69, 9.17) is 9.47 Å². The lowest BCUT2D eigenvalue weighted by molar-refractivity contribution is 0.174. The monoisotopic (exact) mass is 247 g/mol. The molecule has 2 heterocycles. The van der Waals surface area contributed by atoms with Crippen LogP contribution in [0.4, 0.5) is 0 Å². The van der Waals surface area contributed by atoms with Gasteiger partial charge in [-0.05, 0) is 56.0 Å². The number of rotatable bonds is 4. The average Bonchev–Trinajstić information content (AvgIpc) is 2.98. The number of nitrogens with zero attached hydrogens (tertiary/aromatic N) is 1. The highest BCUT2D eigenvalue weighted by Crippen LogP contribution is 2.33. The molecule has 0 amide bonds. The predicted octanol–water partition coefficient (Wildman–Crippen LogP) is 2.69. The average molecular weight is 247 g/mol. The van der Waals surface area contributed by atoms with Crippen LogP contribution in [0.25, 0.3) is 0 Å². The van der Waals surface area contributed by atoms with Crippen molar-refractivity contribution >= 4 is 0 Å². The molecule has 3 nitrogen and oxygen atoms in total. The van der Waals surface area contributed by atoms with Gasteiger partial charge in [-0.2, -0.15) is 0 Å². The molecule has 0 saturated carbocycles. The Morgan fingerprint density at radius 2 is 1.94 bits per heavy atom. The van der Waals surface area contributed by atoms with Gasteiger partial charge in [0, 0.05) is 6.54 Å². The van der Waals surface area contributed by atoms with E-state index in [2.05, 4.69) is 24.0 Å². The molecule has 0 spiro atoms. The highest BCUT2D eigenvalue weighted by atomic mass is 16.7. The standard InChI is InChI=1S/C15H21NO2/c1-12(10-16-6-2-3-7-16)8-13-4-5-14-15(9-13)18-11-17-14/h4-5,9,12H,2-3,6-8,10-11H2,1H3. The number of fused-ring (bicyclic) bond motifs is 1. The first-order valence-electron chi connectivity index (χ1n) is 6.92. The van der Waals surface area contributed by atoms with Crippen molar-refractivity contribution in [2.45, 2.75) is 26.2 Å². The fourth-order valence-electron chi connectivity index (χ4n) is 2.94. The molecule has 98 valence electrons. The van der Waals surface area contributed by atoms with Crippen LogP contribution in [-0.2, 0) is 6.42 Å². The van der Waals surface area contributed by atoms with E-state index in [1.165, 1.54) is 38.0 Å². The minimum atomic E-state index is 0.363. The molecular weight excluding hydrogens is 226 g/mol. The first kappa shape index (κ1) is 11.8. The molecule has 1 atom stereocenters. The van der Waals surface area contributed by atoms with Crippen molar-refractivity contribution in [1.29, 1.82) is 0 Å². The third-order valence-electron chi connectivity index (χ3n) is 3.79. The largest absolute Gasteiger partial charge is 0.454 e. The molecule has 2 aliphatic heterocycles. The molecular formula is C15H21NO2. The van der Waals surface area contributed by atoms with Crippen molar-refractivity contribution in [3.8, 4) is 11.5 Å². The van der Waals surface area contributed by atoms with Crippen molar-refractivity contribution in [2.75, 3.05) is 26.4 Å². The predicted molar refractivity (Wildman–Crippen MR) is 71.1 cm³/mol. The summed E-state index contributed by atoms with van der Waals surface area (Å²) in [6.45, 7) is 6.48. The highest BCUT2D eigenvalue weighted by Gasteiger charge is 2.17. The molecule has 2 aliphatic rings. The second kappa shape index (κ2) is 5.19. The van der Waals surface area contributed by atoms with Gasteiger partial charge in [-0.1, -0.05) is 13.0 Å². The Bertz CT molecular complexity index is 413. The fraction of sp³-hybridized carbons (Fsp3) is 0.600. The van der Waals surface area contributed by atoms with E-state index >= 15 is 0 Å². The fourth-order valence-corrected chi connectivity index (χ4v) is 2.94. The minimum Gasteiger partial charge on any atom is -0.454 e. The smallest absolute Gasteiger partial charge is 0.231 e. The van der Waals surface area contributed by atoms with Crippen LogP contribution in [0.15, 0.2) is 18.2 Å². The summed E-state index contributed by atoms with van der Waals surface area (Å²) >= 11 is 0. The number of hydrogen-bond donors (Lipinski definition) is 0. The zero-order chi connectivity index (χ0) is 12.4. The highest BCUT2D eigenvalue weighted by molar-refractivity contribution is 5.44. The lowest BCUT2D eigenvalue weighted by Crippen LogP contribution is -2.26. The zero-order valence-electron chi connectivity index (χ0n) is 11.0. The van der Waals surface area contributed by atoms with Gasteiger partial charge in [0.2, 0.25) is 6.79 Å². The van der Waals surface area contributed by atoms with Gasteiger partial charge in [0.15, 0.2) is 11.5 Å². The normalized spacial score (nSPS) is 20.3. The number of hydrogen-bond acceptors (Lipinski definition) is 3. The summed E-state index contributed by atoms with van der Waals surface area (Å²) in [5, 5.41) is 0. The maximum atomic E-state index is 5.42. The second-order valence-electron chi connectivity index (χ2n) is 5.50. The van der Waals surface area contributed by atoms with Gasteiger partial charge in [-0.3, -0.25) is 0 Å². The molecule has 0 N–H and O–H groups in total. The van der Waals surface area contributed by atoms with Gasteiger partial charge in [0.1, 0.15) is 0 Å². The van der Waals surface area contributed by atoms with Crippen molar-refractivity contribution in [1.82, 2.24) is 4.90 Å². The molecule has 1 aromatic carbocycles. The van der Waals surface area contributed by atoms with Crippen LogP contribution in [0, 0.1) is 5.92 Å². The molecule has 0 bridgehead atoms. The first-order valence-corrected chi connectivity index (χ1v) is 6.92. The van der Waals surface area contributed by atoms with E-state index in [9.17, 15) is 0 Å². The number of likely N-dealkylation sites (tertiary alicyclic amines) is 1. The third kappa shape index (κ3) is 2.61. The summed E-state index contributed by atoms with van der Waals surface area (Å²) in [7, 11) is 0. The molecule has 1 saturated heterocycles. The first-order chi connectivity index (χ1) is 8.81. The summed E-state index contributed by atoms with van der Waals surface area (Å²) < 4.78 is 10.8. The van der Waals surface area contributed by atoms with Gasteiger partial charge in [0.25, 0.3) is 0 Å². The molecule has 3 heteroatoms. The summed E-state index contributed by atoms with van der Waals surface area (Å²) in [4.78, 5) is 2.58. The van der Waals surface area contributed by atoms with Gasteiger partial charge in [0.05, 0.1) is 0 Å². The Balaban J connectivity index is 1.58. The van der Waals surface area contributed by atoms with Crippen molar-refractivity contribution in [2.24, 2.45) is 5.92 Å². The van der Waals surface area contributed by atoms with E-state index < -0.39 is 0 Å². The topological polar surface area (TPSA) is 21.7 Å². The molecule has 1 unspecified atom stereocenters. The second-order valence-corrected chi connectivity index (χ2v) is 5.50. The lowest BCUT2D eigenvalue weighted by atomic mass is 10.0. The van der Waals surface area contributed by atoms with E-state index in [0.29, 0.717) is 12.7 Å². The van der Waals surface area contributed by atoms with Crippen molar-refractivity contribution in [3.05, 3.63) is 23.8 Å². The Hall–Kier alpha value is -1.22. The molecule has 1 fully saturated rings. The van der Waals surface area contributed by atoms with Crippen LogP contribution < -0.4 is 9.47 Å². The quantitative estimate of drug-likeness (QED) is 0.816. The van der Waals surface area contributed by atoms with Crippen molar-refractivity contribution < 1.29 is 9.47 Å². The van der Waals surface area contributed by atoms with Crippen molar-refractivity contribution in [3.63, 3.8) is 0 Å². The van der Waals surface area contributed by atoms with Crippen LogP contribution >= 0.6 is 0 Å². The van der Waals surface area contributed by atoms with Gasteiger partial charge < -0.3 is 14.4 Å². The van der Waals surface area contributed by atoms with Crippen LogP contribution in [-0.4, -0.2) is 31.3 Å². The molecule has 1 aromatic rings. The van der Waals surface area contributed by atoms with E-state index in [0.717, 1.165) is 17.9 Å². The molecule has 18 heavy (non-hydrogen) atoms. The summed E-state index contributed by atoms with van der Waals surface area (Å²) in [6, 6.07) is 6.32. The Kier molecular flexibility index (Phi) is 3.41. The molecule has 0 aromatic heterocycles. The Labute approximate surface area is 109 Å². The van der Waals surface area contributed by atoms with E-state index in [1.807, 2.05) is 6.07 Å². The summed E-state index contributed by atoms with van der Waals surface area (Å²) in [5.41, 5.74) is 1.35. The third-order valence-corrected chi connectivity index (χ3v) is 3.79. The molecule has 0 radical (unpaired) electrons. The van der Waals surface area contributed by atoms with E-state index in [-0.39, 0.29) is 0 Å². The molecule has 3 rings (SSSR count). The maximum absolute atomic E-state index is 5.42. The Morgan fingerprint density at radius 1 is 1.17 bits per heavy atom. The number of benzene rings is 1. The summed E-state index contributed by atoms with van der Waals surface area (Å²) in [6.07, 6.45) is 3.86. The Morgan fingerprint density at radius 3 is 2.78 bits per heavy atom. The van der Waals surface area contributed by atoms with Crippen LogP contribution in [0.3, 0.4) is 0 Å². The van der Waals surface area contributed by atoms with Crippen LogP contribution in [0.2, 0.25) is 0 Å². The maximum Gasteiger partial charge on any atom is 0.231 e. The van der Waals surface area contributed by atoms with Crippen LogP contribution in [0.5, 0.6) is 11.5 Å². The van der Waals surface area contributed by atoms with Gasteiger partial charge in [-0.15, -0.1) is 0 Å². The van der Waals surface area contributed by atoms with Crippen LogP contribution in [0.1, 0.15) is 25.3 Å². The van der Waals surface area contributed by atoms with Gasteiger partial charge >= 0.3 is 0 Å². The lowest BCUT2D eigenvalue weighted by Gasteiger charge is -2.20. The molecule has 0 aliphatic carbocycles. The zero-order valence-corrected chi connectivity index (χ0v) is 11.0. The van der Waals surface area contributed by atoms with E-state index in [1.54, 1.807) is 0 Å². The SMILES string of the molecule is CC(Cc1ccc2c(c1)OCO2)CN1CCCC1. The summed E-state index contributed by atoms with van der Waals surface area (Å²) in [5.74, 6) is 2.48. The van der Waals surface area contributed by atoms with Gasteiger partial charge in [-0.25, -0.2) is 0 Å². The number of ether oxygens (including phenoxy) is 2. The minimum absolute atomic E-state index is 0.363.